The Balaban J connectivity index is 1.23. The van der Waals surface area contributed by atoms with Crippen LogP contribution in [-0.4, -0.2) is 0 Å². The average Bonchev–Trinajstić information content (AvgIpc) is 2.92. The Labute approximate surface area is 214 Å². The van der Waals surface area contributed by atoms with Crippen molar-refractivity contribution in [1.82, 2.24) is 10.6 Å². The maximum atomic E-state index is 5.96. The van der Waals surface area contributed by atoms with Crippen LogP contribution >= 0.6 is 0 Å². The van der Waals surface area contributed by atoms with Crippen molar-refractivity contribution >= 4 is 0 Å². The predicted octanol–water partition coefficient (Wildman–Crippen LogP) is 6.01. The molecule has 4 heteroatoms. The van der Waals surface area contributed by atoms with E-state index in [1.807, 2.05) is 0 Å². The van der Waals surface area contributed by atoms with Gasteiger partial charge < -0.3 is 20.1 Å². The van der Waals surface area contributed by atoms with E-state index >= 15 is 0 Å². The number of rotatable bonds is 0. The van der Waals surface area contributed by atoms with Crippen molar-refractivity contribution in [3.8, 4) is 0 Å². The average molecular weight is 479 g/mol. The van der Waals surface area contributed by atoms with E-state index in [0.29, 0.717) is 26.4 Å². The van der Waals surface area contributed by atoms with Gasteiger partial charge in [0.2, 0.25) is 0 Å². The third-order valence-electron chi connectivity index (χ3n) is 6.48. The summed E-state index contributed by atoms with van der Waals surface area (Å²) < 4.78 is 11.9. The second-order valence-corrected chi connectivity index (χ2v) is 9.46. The number of ether oxygens (including phenoxy) is 2. The molecular formula is C32H34N2O2. The predicted molar refractivity (Wildman–Crippen MR) is 144 cm³/mol. The molecule has 10 aliphatic heterocycles. The molecule has 0 saturated carbocycles. The Morgan fingerprint density at radius 1 is 0.306 bits per heavy atom. The van der Waals surface area contributed by atoms with Crippen LogP contribution in [0.1, 0.15) is 44.5 Å². The van der Waals surface area contributed by atoms with Crippen molar-refractivity contribution in [1.29, 1.82) is 0 Å². The van der Waals surface area contributed by atoms with E-state index in [4.69, 9.17) is 9.47 Å². The molecule has 0 atom stereocenters. The molecule has 0 saturated heterocycles. The molecule has 2 N–H and O–H groups in total. The van der Waals surface area contributed by atoms with E-state index < -0.39 is 0 Å². The largest absolute Gasteiger partial charge is 0.372 e. The van der Waals surface area contributed by atoms with Gasteiger partial charge in [0.25, 0.3) is 0 Å². The lowest BCUT2D eigenvalue weighted by atomic mass is 10.1. The monoisotopic (exact) mass is 478 g/mol. The first-order valence-electron chi connectivity index (χ1n) is 12.7. The second-order valence-electron chi connectivity index (χ2n) is 9.46. The highest BCUT2D eigenvalue weighted by Crippen LogP contribution is 2.12. The van der Waals surface area contributed by atoms with Crippen molar-refractivity contribution in [2.45, 2.75) is 52.6 Å². The number of benzene rings is 4. The van der Waals surface area contributed by atoms with Gasteiger partial charge >= 0.3 is 0 Å². The van der Waals surface area contributed by atoms with Gasteiger partial charge in [-0.1, -0.05) is 97.1 Å². The van der Waals surface area contributed by atoms with Gasteiger partial charge in [-0.15, -0.1) is 0 Å². The molecule has 0 aliphatic carbocycles. The van der Waals surface area contributed by atoms with Gasteiger partial charge in [-0.3, -0.25) is 0 Å². The fourth-order valence-electron chi connectivity index (χ4n) is 4.29. The maximum Gasteiger partial charge on any atom is 0.0721 e. The molecule has 0 radical (unpaired) electrons. The zero-order valence-electron chi connectivity index (χ0n) is 20.7. The number of nitrogens with one attached hydrogen (secondary N) is 2. The highest BCUT2D eigenvalue weighted by atomic mass is 16.5. The molecular weight excluding hydrogens is 444 g/mol. The second kappa shape index (κ2) is 12.6. The van der Waals surface area contributed by atoms with Crippen molar-refractivity contribution in [2.75, 3.05) is 0 Å². The minimum absolute atomic E-state index is 0.617. The molecule has 184 valence electrons. The zero-order valence-corrected chi connectivity index (χ0v) is 20.7. The van der Waals surface area contributed by atoms with Gasteiger partial charge in [0.05, 0.1) is 26.4 Å². The van der Waals surface area contributed by atoms with Gasteiger partial charge in [-0.25, -0.2) is 0 Å². The van der Waals surface area contributed by atoms with Crippen LogP contribution in [0.5, 0.6) is 0 Å². The molecule has 4 aromatic carbocycles. The SMILES string of the molecule is c1cc2ccc1CNCc1ccc(cc1)COCc1ccc(cc1)CNCc1ccc(cc1)COC2. The third-order valence-corrected chi connectivity index (χ3v) is 6.48. The number of hydrogen-bond donors (Lipinski definition) is 2. The van der Waals surface area contributed by atoms with Crippen LogP contribution in [0.25, 0.3) is 0 Å². The van der Waals surface area contributed by atoms with Gasteiger partial charge in [0, 0.05) is 26.2 Å². The van der Waals surface area contributed by atoms with E-state index in [1.54, 1.807) is 0 Å². The lowest BCUT2D eigenvalue weighted by Crippen LogP contribution is -2.13. The van der Waals surface area contributed by atoms with Crippen LogP contribution in [0.15, 0.2) is 97.1 Å². The fourth-order valence-corrected chi connectivity index (χ4v) is 4.29. The summed E-state index contributed by atoms with van der Waals surface area (Å²) in [7, 11) is 0. The van der Waals surface area contributed by atoms with Crippen LogP contribution in [-0.2, 0) is 62.1 Å². The maximum absolute atomic E-state index is 5.96. The van der Waals surface area contributed by atoms with Crippen molar-refractivity contribution in [2.24, 2.45) is 0 Å². The summed E-state index contributed by atoms with van der Waals surface area (Å²) in [5.41, 5.74) is 9.86. The Morgan fingerprint density at radius 3 is 0.722 bits per heavy atom. The topological polar surface area (TPSA) is 42.5 Å². The van der Waals surface area contributed by atoms with Crippen LogP contribution in [0, 0.1) is 0 Å². The summed E-state index contributed by atoms with van der Waals surface area (Å²) in [6, 6.07) is 34.7. The number of hydrogen-bond acceptors (Lipinski definition) is 4. The molecule has 4 aromatic rings. The molecule has 10 aliphatic rings. The van der Waals surface area contributed by atoms with E-state index in [0.717, 1.165) is 26.2 Å². The highest BCUT2D eigenvalue weighted by Gasteiger charge is 2.02. The molecule has 0 aromatic heterocycles. The minimum atomic E-state index is 0.617. The molecule has 14 rings (SSSR count). The lowest BCUT2D eigenvalue weighted by molar-refractivity contribution is 0.107. The Hall–Kier alpha value is -3.28. The molecule has 36 heavy (non-hydrogen) atoms. The van der Waals surface area contributed by atoms with Crippen LogP contribution < -0.4 is 10.6 Å². The quantitative estimate of drug-likeness (QED) is 0.325. The molecule has 10 heterocycles. The van der Waals surface area contributed by atoms with Gasteiger partial charge in [0.15, 0.2) is 0 Å². The summed E-state index contributed by atoms with van der Waals surface area (Å²) >= 11 is 0. The Kier molecular flexibility index (Phi) is 8.55. The summed E-state index contributed by atoms with van der Waals surface area (Å²) in [5.74, 6) is 0. The van der Waals surface area contributed by atoms with E-state index in [2.05, 4.69) is 108 Å². The molecule has 4 nitrogen and oxygen atoms in total. The summed E-state index contributed by atoms with van der Waals surface area (Å²) in [5, 5.41) is 7.08. The molecule has 0 fully saturated rings. The van der Waals surface area contributed by atoms with Gasteiger partial charge in [-0.2, -0.15) is 0 Å². The third kappa shape index (κ3) is 7.36. The first kappa shape index (κ1) is 24.4. The lowest BCUT2D eigenvalue weighted by Gasteiger charge is -2.10. The minimum Gasteiger partial charge on any atom is -0.372 e. The summed E-state index contributed by atoms with van der Waals surface area (Å²) in [6.07, 6.45) is 0. The van der Waals surface area contributed by atoms with Crippen LogP contribution in [0.3, 0.4) is 0 Å². The first-order chi connectivity index (χ1) is 17.8. The summed E-state index contributed by atoms with van der Waals surface area (Å²) in [6.45, 7) is 5.82. The molecule has 0 spiro atoms. The van der Waals surface area contributed by atoms with Crippen molar-refractivity contribution in [3.63, 3.8) is 0 Å². The van der Waals surface area contributed by atoms with Crippen LogP contribution in [0.4, 0.5) is 0 Å². The molecule has 0 unspecified atom stereocenters. The van der Waals surface area contributed by atoms with Crippen molar-refractivity contribution < 1.29 is 9.47 Å². The van der Waals surface area contributed by atoms with Gasteiger partial charge in [0.1, 0.15) is 0 Å². The molecule has 8 bridgehead atoms. The van der Waals surface area contributed by atoms with E-state index in [9.17, 15) is 0 Å². The summed E-state index contributed by atoms with van der Waals surface area (Å²) in [4.78, 5) is 0. The van der Waals surface area contributed by atoms with Gasteiger partial charge in [-0.05, 0) is 44.5 Å². The molecule has 0 amide bonds. The van der Waals surface area contributed by atoms with Crippen molar-refractivity contribution in [3.05, 3.63) is 142 Å². The fraction of sp³-hybridized carbons (Fsp3) is 0.250. The Morgan fingerprint density at radius 2 is 0.500 bits per heavy atom. The standard InChI is InChI=1S/C32H34N2O2/c1-9-29-10-2-25(1)17-33-18-26-3-11-31(12-4-26)23-36-24-32-15-7-28(8-16-32)20-34-19-27-5-13-30(14-6-27)22-35-21-29/h1-16,33-34H,17-24H2. The zero-order chi connectivity index (χ0) is 24.4. The van der Waals surface area contributed by atoms with E-state index in [1.165, 1.54) is 44.5 Å². The smallest absolute Gasteiger partial charge is 0.0721 e. The Bertz CT molecular complexity index is 911. The van der Waals surface area contributed by atoms with Crippen LogP contribution in [0.2, 0.25) is 0 Å². The highest BCUT2D eigenvalue weighted by molar-refractivity contribution is 5.26. The van der Waals surface area contributed by atoms with E-state index in [-0.39, 0.29) is 0 Å². The normalized spacial score (nSPS) is 15.6. The first-order valence-corrected chi connectivity index (χ1v) is 12.7.